The highest BCUT2D eigenvalue weighted by atomic mass is 32.1. The second kappa shape index (κ2) is 5.10. The molecule has 1 aromatic rings. The predicted molar refractivity (Wildman–Crippen MR) is 88.4 cm³/mol. The highest BCUT2D eigenvalue weighted by Crippen LogP contribution is 2.54. The van der Waals surface area contributed by atoms with E-state index in [1.165, 1.54) is 34.8 Å². The Morgan fingerprint density at radius 2 is 1.60 bits per heavy atom. The Hall–Kier alpha value is -0.410. The van der Waals surface area contributed by atoms with Gasteiger partial charge >= 0.3 is 0 Å². The second-order valence-corrected chi connectivity index (χ2v) is 9.34. The average Bonchev–Trinajstić information content (AvgIpc) is 2.55. The summed E-state index contributed by atoms with van der Waals surface area (Å²) in [4.78, 5) is 6.27. The van der Waals surface area contributed by atoms with E-state index in [2.05, 4.69) is 53.8 Å². The molecule has 114 valence electrons. The van der Waals surface area contributed by atoms with Gasteiger partial charge in [0, 0.05) is 4.88 Å². The van der Waals surface area contributed by atoms with E-state index in [4.69, 9.17) is 4.98 Å². The third-order valence-electron chi connectivity index (χ3n) is 4.47. The monoisotopic (exact) mass is 294 g/mol. The van der Waals surface area contributed by atoms with Gasteiger partial charge in [-0.1, -0.05) is 34.6 Å². The zero-order valence-corrected chi connectivity index (χ0v) is 15.0. The summed E-state index contributed by atoms with van der Waals surface area (Å²) >= 11 is 1.89. The fraction of sp³-hybridized carbons (Fsp3) is 0.824. The third kappa shape index (κ3) is 3.09. The van der Waals surface area contributed by atoms with Gasteiger partial charge < -0.3 is 5.32 Å². The lowest BCUT2D eigenvalue weighted by atomic mass is 9.58. The van der Waals surface area contributed by atoms with Crippen LogP contribution in [-0.4, -0.2) is 11.5 Å². The van der Waals surface area contributed by atoms with Crippen LogP contribution in [0.3, 0.4) is 0 Å². The Balaban J connectivity index is 2.48. The van der Waals surface area contributed by atoms with E-state index in [-0.39, 0.29) is 5.54 Å². The molecule has 1 fully saturated rings. The van der Waals surface area contributed by atoms with Gasteiger partial charge in [0.15, 0.2) is 0 Å². The van der Waals surface area contributed by atoms with Gasteiger partial charge in [-0.25, -0.2) is 4.98 Å². The Morgan fingerprint density at radius 1 is 1.05 bits per heavy atom. The maximum Gasteiger partial charge on any atom is 0.113 e. The predicted octanol–water partition coefficient (Wildman–Crippen LogP) is 4.80. The SMILES string of the molecule is CCNC1(c2nc(C)c(C)s2)CC(C)(C)CC(C)(C)C1. The van der Waals surface area contributed by atoms with Crippen LogP contribution in [-0.2, 0) is 5.54 Å². The minimum atomic E-state index is 0.0592. The van der Waals surface area contributed by atoms with Gasteiger partial charge in [0.25, 0.3) is 0 Å². The average molecular weight is 295 g/mol. The number of aromatic nitrogens is 1. The molecular weight excluding hydrogens is 264 g/mol. The summed E-state index contributed by atoms with van der Waals surface area (Å²) in [7, 11) is 0. The molecule has 0 aromatic carbocycles. The van der Waals surface area contributed by atoms with Gasteiger partial charge in [-0.15, -0.1) is 11.3 Å². The van der Waals surface area contributed by atoms with Crippen molar-refractivity contribution in [2.24, 2.45) is 10.8 Å². The van der Waals surface area contributed by atoms with Crippen molar-refractivity contribution in [2.45, 2.75) is 73.3 Å². The van der Waals surface area contributed by atoms with Crippen molar-refractivity contribution < 1.29 is 0 Å². The quantitative estimate of drug-likeness (QED) is 0.866. The maximum atomic E-state index is 4.91. The van der Waals surface area contributed by atoms with E-state index >= 15 is 0 Å². The smallest absolute Gasteiger partial charge is 0.113 e. The molecule has 0 spiro atoms. The highest BCUT2D eigenvalue weighted by Gasteiger charge is 2.49. The van der Waals surface area contributed by atoms with Crippen molar-refractivity contribution in [1.29, 1.82) is 0 Å². The molecule has 1 heterocycles. The number of nitrogens with zero attached hydrogens (tertiary/aromatic N) is 1. The molecule has 1 saturated carbocycles. The molecule has 3 heteroatoms. The van der Waals surface area contributed by atoms with Crippen molar-refractivity contribution in [2.75, 3.05) is 6.54 Å². The topological polar surface area (TPSA) is 24.9 Å². The van der Waals surface area contributed by atoms with Crippen LogP contribution in [0.15, 0.2) is 0 Å². The molecule has 0 amide bonds. The molecule has 1 aliphatic rings. The third-order valence-corrected chi connectivity index (χ3v) is 5.75. The summed E-state index contributed by atoms with van der Waals surface area (Å²) in [5.74, 6) is 0. The molecule has 2 rings (SSSR count). The number of thiazole rings is 1. The Labute approximate surface area is 128 Å². The van der Waals surface area contributed by atoms with Crippen molar-refractivity contribution in [1.82, 2.24) is 10.3 Å². The standard InChI is InChI=1S/C17H30N2S/c1-8-18-17(14-19-12(2)13(3)20-14)10-15(4,5)9-16(6,7)11-17/h18H,8-11H2,1-7H3. The highest BCUT2D eigenvalue weighted by molar-refractivity contribution is 7.11. The first-order chi connectivity index (χ1) is 9.09. The first-order valence-electron chi connectivity index (χ1n) is 7.79. The summed E-state index contributed by atoms with van der Waals surface area (Å²) in [5.41, 5.74) is 1.97. The summed E-state index contributed by atoms with van der Waals surface area (Å²) in [6, 6.07) is 0. The Kier molecular flexibility index (Phi) is 4.07. The van der Waals surface area contributed by atoms with E-state index in [0.29, 0.717) is 10.8 Å². The molecule has 1 N–H and O–H groups in total. The van der Waals surface area contributed by atoms with Gasteiger partial charge in [-0.3, -0.25) is 0 Å². The lowest BCUT2D eigenvalue weighted by molar-refractivity contribution is 0.0267. The van der Waals surface area contributed by atoms with Crippen molar-refractivity contribution in [3.8, 4) is 0 Å². The van der Waals surface area contributed by atoms with Crippen LogP contribution >= 0.6 is 11.3 Å². The van der Waals surface area contributed by atoms with E-state index in [9.17, 15) is 0 Å². The number of hydrogen-bond donors (Lipinski definition) is 1. The van der Waals surface area contributed by atoms with E-state index < -0.39 is 0 Å². The van der Waals surface area contributed by atoms with Crippen molar-refractivity contribution in [3.05, 3.63) is 15.6 Å². The van der Waals surface area contributed by atoms with Gasteiger partial charge in [0.2, 0.25) is 0 Å². The van der Waals surface area contributed by atoms with Gasteiger partial charge in [-0.2, -0.15) is 0 Å². The minimum Gasteiger partial charge on any atom is -0.306 e. The molecule has 0 bridgehead atoms. The zero-order chi connectivity index (χ0) is 15.2. The van der Waals surface area contributed by atoms with E-state index in [1.807, 2.05) is 11.3 Å². The molecule has 2 nitrogen and oxygen atoms in total. The lowest BCUT2D eigenvalue weighted by Crippen LogP contribution is -2.52. The van der Waals surface area contributed by atoms with Crippen LogP contribution in [0.2, 0.25) is 0 Å². The summed E-state index contributed by atoms with van der Waals surface area (Å²) < 4.78 is 0. The molecule has 20 heavy (non-hydrogen) atoms. The molecule has 0 unspecified atom stereocenters. The Bertz CT molecular complexity index is 450. The molecule has 0 saturated heterocycles. The van der Waals surface area contributed by atoms with Crippen LogP contribution in [0.1, 0.15) is 69.5 Å². The summed E-state index contributed by atoms with van der Waals surface area (Å²) in [6.45, 7) is 17.2. The largest absolute Gasteiger partial charge is 0.306 e. The maximum absolute atomic E-state index is 4.91. The van der Waals surface area contributed by atoms with Gasteiger partial charge in [0.1, 0.15) is 5.01 Å². The van der Waals surface area contributed by atoms with E-state index in [1.54, 1.807) is 0 Å². The second-order valence-electron chi connectivity index (χ2n) is 8.13. The molecule has 1 aromatic heterocycles. The minimum absolute atomic E-state index is 0.0592. The van der Waals surface area contributed by atoms with Gasteiger partial charge in [-0.05, 0) is 50.5 Å². The zero-order valence-electron chi connectivity index (χ0n) is 14.2. The fourth-order valence-corrected chi connectivity index (χ4v) is 5.56. The molecule has 0 aliphatic heterocycles. The van der Waals surface area contributed by atoms with Crippen molar-refractivity contribution in [3.63, 3.8) is 0 Å². The number of rotatable bonds is 3. The fourth-order valence-electron chi connectivity index (χ4n) is 4.48. The van der Waals surface area contributed by atoms with Crippen LogP contribution in [0, 0.1) is 24.7 Å². The summed E-state index contributed by atoms with van der Waals surface area (Å²) in [6.07, 6.45) is 3.66. The molecule has 1 aliphatic carbocycles. The molecular formula is C17H30N2S. The summed E-state index contributed by atoms with van der Waals surface area (Å²) in [5, 5.41) is 5.12. The number of hydrogen-bond acceptors (Lipinski definition) is 3. The van der Waals surface area contributed by atoms with Crippen LogP contribution < -0.4 is 5.32 Å². The number of nitrogens with one attached hydrogen (secondary N) is 1. The van der Waals surface area contributed by atoms with Gasteiger partial charge in [0.05, 0.1) is 11.2 Å². The lowest BCUT2D eigenvalue weighted by Gasteiger charge is -2.51. The van der Waals surface area contributed by atoms with E-state index in [0.717, 1.165) is 6.54 Å². The molecule has 0 atom stereocenters. The Morgan fingerprint density at radius 3 is 2.00 bits per heavy atom. The normalized spacial score (nSPS) is 23.8. The van der Waals surface area contributed by atoms with Crippen molar-refractivity contribution >= 4 is 11.3 Å². The van der Waals surface area contributed by atoms with Crippen LogP contribution in [0.5, 0.6) is 0 Å². The first-order valence-corrected chi connectivity index (χ1v) is 8.60. The molecule has 0 radical (unpaired) electrons. The number of aryl methyl sites for hydroxylation is 2. The first kappa shape index (κ1) is 16.0. The van der Waals surface area contributed by atoms with Crippen LogP contribution in [0.4, 0.5) is 0 Å². The van der Waals surface area contributed by atoms with Crippen LogP contribution in [0.25, 0.3) is 0 Å².